The normalized spacial score (nSPS) is 10.0. The highest BCUT2D eigenvalue weighted by Crippen LogP contribution is 2.09. The minimum Gasteiger partial charge on any atom is -0.452 e. The molecule has 5 nitrogen and oxygen atoms in total. The highest BCUT2D eigenvalue weighted by atomic mass is 16.5. The minimum atomic E-state index is -0.525. The molecule has 1 N–H and O–H groups in total. The first-order chi connectivity index (χ1) is 10.1. The van der Waals surface area contributed by atoms with Crippen LogP contribution in [0.15, 0.2) is 42.6 Å². The first-order valence-corrected chi connectivity index (χ1v) is 6.51. The largest absolute Gasteiger partial charge is 0.452 e. The number of esters is 1. The summed E-state index contributed by atoms with van der Waals surface area (Å²) in [5.74, 6) is -0.478. The molecule has 0 radical (unpaired) electrons. The Hall–Kier alpha value is -2.69. The Morgan fingerprint density at radius 3 is 2.52 bits per heavy atom. The molecular formula is C16H16N2O3. The highest BCUT2D eigenvalue weighted by Gasteiger charge is 2.11. The van der Waals surface area contributed by atoms with Gasteiger partial charge in [0, 0.05) is 6.20 Å². The van der Waals surface area contributed by atoms with Gasteiger partial charge in [-0.1, -0.05) is 23.8 Å². The first-order valence-electron chi connectivity index (χ1n) is 6.51. The summed E-state index contributed by atoms with van der Waals surface area (Å²) < 4.78 is 4.96. The maximum Gasteiger partial charge on any atom is 0.338 e. The molecule has 0 atom stereocenters. The van der Waals surface area contributed by atoms with Crippen LogP contribution in [0.2, 0.25) is 0 Å². The van der Waals surface area contributed by atoms with Crippen molar-refractivity contribution in [1.82, 2.24) is 4.98 Å². The van der Waals surface area contributed by atoms with Gasteiger partial charge in [-0.05, 0) is 37.6 Å². The maximum atomic E-state index is 11.8. The van der Waals surface area contributed by atoms with Crippen LogP contribution in [0.1, 0.15) is 21.5 Å². The van der Waals surface area contributed by atoms with Gasteiger partial charge in [-0.2, -0.15) is 0 Å². The molecule has 21 heavy (non-hydrogen) atoms. The van der Waals surface area contributed by atoms with E-state index >= 15 is 0 Å². The number of ether oxygens (including phenoxy) is 1. The average molecular weight is 284 g/mol. The molecule has 0 aliphatic rings. The first kappa shape index (κ1) is 14.7. The molecule has 0 saturated heterocycles. The molecule has 1 amide bonds. The van der Waals surface area contributed by atoms with Gasteiger partial charge in [-0.15, -0.1) is 0 Å². The zero-order valence-corrected chi connectivity index (χ0v) is 11.9. The van der Waals surface area contributed by atoms with Crippen molar-refractivity contribution in [3.05, 3.63) is 59.3 Å². The van der Waals surface area contributed by atoms with Crippen LogP contribution in [0.5, 0.6) is 0 Å². The van der Waals surface area contributed by atoms with Crippen LogP contribution in [-0.4, -0.2) is 23.5 Å². The van der Waals surface area contributed by atoms with Crippen LogP contribution in [0.3, 0.4) is 0 Å². The second-order valence-electron chi connectivity index (χ2n) is 4.66. The Morgan fingerprint density at radius 2 is 1.86 bits per heavy atom. The maximum absolute atomic E-state index is 11.8. The van der Waals surface area contributed by atoms with Crippen LogP contribution in [-0.2, 0) is 9.53 Å². The highest BCUT2D eigenvalue weighted by molar-refractivity contribution is 5.95. The third kappa shape index (κ3) is 4.14. The molecule has 2 rings (SSSR count). The topological polar surface area (TPSA) is 68.3 Å². The van der Waals surface area contributed by atoms with Crippen LogP contribution < -0.4 is 5.32 Å². The number of nitrogens with one attached hydrogen (secondary N) is 1. The third-order valence-corrected chi connectivity index (χ3v) is 2.89. The average Bonchev–Trinajstić information content (AvgIpc) is 2.48. The predicted octanol–water partition coefficient (Wildman–Crippen LogP) is 2.49. The second-order valence-corrected chi connectivity index (χ2v) is 4.66. The summed E-state index contributed by atoms with van der Waals surface area (Å²) in [5, 5.41) is 2.60. The fraction of sp³-hybridized carbons (Fsp3) is 0.188. The van der Waals surface area contributed by atoms with Gasteiger partial charge < -0.3 is 10.1 Å². The van der Waals surface area contributed by atoms with Crippen molar-refractivity contribution in [2.45, 2.75) is 13.8 Å². The molecule has 0 unspecified atom stereocenters. The standard InChI is InChI=1S/C16H16N2O3/c1-11-5-7-13(8-6-11)16(20)21-10-14(19)18-15-12(2)4-3-9-17-15/h3-9H,10H2,1-2H3,(H,17,18,19). The predicted molar refractivity (Wildman–Crippen MR) is 79.1 cm³/mol. The van der Waals surface area contributed by atoms with Crippen LogP contribution in [0.4, 0.5) is 5.82 Å². The van der Waals surface area contributed by atoms with Crippen molar-refractivity contribution in [3.8, 4) is 0 Å². The molecule has 1 aromatic carbocycles. The number of nitrogens with zero attached hydrogens (tertiary/aromatic N) is 1. The zero-order valence-electron chi connectivity index (χ0n) is 11.9. The molecule has 1 aromatic heterocycles. The fourth-order valence-electron chi connectivity index (χ4n) is 1.69. The van der Waals surface area contributed by atoms with Crippen molar-refractivity contribution < 1.29 is 14.3 Å². The summed E-state index contributed by atoms with van der Waals surface area (Å²) in [7, 11) is 0. The molecule has 108 valence electrons. The van der Waals surface area contributed by atoms with E-state index in [1.54, 1.807) is 24.4 Å². The van der Waals surface area contributed by atoms with Crippen LogP contribution in [0.25, 0.3) is 0 Å². The number of rotatable bonds is 4. The number of anilines is 1. The summed E-state index contributed by atoms with van der Waals surface area (Å²) in [6.45, 7) is 3.42. The Morgan fingerprint density at radius 1 is 1.14 bits per heavy atom. The number of benzene rings is 1. The number of carbonyl (C=O) groups excluding carboxylic acids is 2. The van der Waals surface area contributed by atoms with E-state index in [9.17, 15) is 9.59 Å². The van der Waals surface area contributed by atoms with E-state index < -0.39 is 11.9 Å². The van der Waals surface area contributed by atoms with E-state index in [0.717, 1.165) is 11.1 Å². The Balaban J connectivity index is 1.88. The Bertz CT molecular complexity index is 651. The molecule has 0 aliphatic heterocycles. The van der Waals surface area contributed by atoms with Gasteiger partial charge in [0.15, 0.2) is 6.61 Å². The summed E-state index contributed by atoms with van der Waals surface area (Å²) in [6, 6.07) is 10.6. The summed E-state index contributed by atoms with van der Waals surface area (Å²) in [6.07, 6.45) is 1.58. The number of aromatic nitrogens is 1. The smallest absolute Gasteiger partial charge is 0.338 e. The van der Waals surface area contributed by atoms with Crippen molar-refractivity contribution in [2.24, 2.45) is 0 Å². The van der Waals surface area contributed by atoms with Gasteiger partial charge in [-0.25, -0.2) is 9.78 Å². The van der Waals surface area contributed by atoms with Gasteiger partial charge in [-0.3, -0.25) is 4.79 Å². The number of hydrogen-bond donors (Lipinski definition) is 1. The quantitative estimate of drug-likeness (QED) is 0.876. The minimum absolute atomic E-state index is 0.345. The third-order valence-electron chi connectivity index (χ3n) is 2.89. The van der Waals surface area contributed by atoms with E-state index in [2.05, 4.69) is 10.3 Å². The SMILES string of the molecule is Cc1ccc(C(=O)OCC(=O)Nc2ncccc2C)cc1. The lowest BCUT2D eigenvalue weighted by Gasteiger charge is -2.07. The van der Waals surface area contributed by atoms with Crippen LogP contribution in [0, 0.1) is 13.8 Å². The molecule has 0 spiro atoms. The van der Waals surface area contributed by atoms with Crippen LogP contribution >= 0.6 is 0 Å². The lowest BCUT2D eigenvalue weighted by Crippen LogP contribution is -2.21. The van der Waals surface area contributed by atoms with Gasteiger partial charge in [0.2, 0.25) is 0 Å². The van der Waals surface area contributed by atoms with Gasteiger partial charge in [0.1, 0.15) is 5.82 Å². The van der Waals surface area contributed by atoms with E-state index in [0.29, 0.717) is 11.4 Å². The number of hydrogen-bond acceptors (Lipinski definition) is 4. The van der Waals surface area contributed by atoms with Crippen molar-refractivity contribution in [1.29, 1.82) is 0 Å². The number of carbonyl (C=O) groups is 2. The lowest BCUT2D eigenvalue weighted by molar-refractivity contribution is -0.119. The number of aryl methyl sites for hydroxylation is 2. The zero-order chi connectivity index (χ0) is 15.2. The van der Waals surface area contributed by atoms with E-state index in [-0.39, 0.29) is 6.61 Å². The van der Waals surface area contributed by atoms with Crippen molar-refractivity contribution >= 4 is 17.7 Å². The molecule has 5 heteroatoms. The van der Waals surface area contributed by atoms with E-state index in [1.807, 2.05) is 32.0 Å². The van der Waals surface area contributed by atoms with Gasteiger partial charge in [0.05, 0.1) is 5.56 Å². The molecule has 0 bridgehead atoms. The van der Waals surface area contributed by atoms with Crippen molar-refractivity contribution in [2.75, 3.05) is 11.9 Å². The molecule has 0 fully saturated rings. The molecular weight excluding hydrogens is 268 g/mol. The van der Waals surface area contributed by atoms with E-state index in [4.69, 9.17) is 4.74 Å². The Kier molecular flexibility index (Phi) is 4.66. The second kappa shape index (κ2) is 6.65. The summed E-state index contributed by atoms with van der Waals surface area (Å²) >= 11 is 0. The molecule has 0 aliphatic carbocycles. The molecule has 1 heterocycles. The van der Waals surface area contributed by atoms with E-state index in [1.165, 1.54) is 0 Å². The fourth-order valence-corrected chi connectivity index (χ4v) is 1.69. The van der Waals surface area contributed by atoms with Gasteiger partial charge >= 0.3 is 5.97 Å². The number of amides is 1. The Labute approximate surface area is 123 Å². The monoisotopic (exact) mass is 284 g/mol. The molecule has 2 aromatic rings. The summed E-state index contributed by atoms with van der Waals surface area (Å²) in [5.41, 5.74) is 2.31. The summed E-state index contributed by atoms with van der Waals surface area (Å²) in [4.78, 5) is 27.5. The van der Waals surface area contributed by atoms with Gasteiger partial charge in [0.25, 0.3) is 5.91 Å². The lowest BCUT2D eigenvalue weighted by atomic mass is 10.1. The van der Waals surface area contributed by atoms with Crippen molar-refractivity contribution in [3.63, 3.8) is 0 Å². The molecule has 0 saturated carbocycles. The number of pyridine rings is 1.